The molecule has 2 aromatic rings. The van der Waals surface area contributed by atoms with Gasteiger partial charge in [0.15, 0.2) is 11.5 Å². The summed E-state index contributed by atoms with van der Waals surface area (Å²) in [5.41, 5.74) is 0.373. The van der Waals surface area contributed by atoms with Gasteiger partial charge in [-0.05, 0) is 12.1 Å². The number of carboxylic acids is 1. The first-order chi connectivity index (χ1) is 10.5. The molecule has 2 rings (SSSR count). The molecule has 0 saturated heterocycles. The number of thioether (sulfide) groups is 1. The molecular weight excluding hydrogens is 306 g/mol. The molecule has 1 heterocycles. The van der Waals surface area contributed by atoms with Crippen molar-refractivity contribution in [1.82, 2.24) is 5.16 Å². The fourth-order valence-electron chi connectivity index (χ4n) is 1.96. The Bertz CT molecular complexity index is 655. The largest absolute Gasteiger partial charge is 0.496 e. The SMILES string of the molecule is COc1cc(SC(C)C)cc(OC)c1-c1cc(C(=O)O)no1. The Kier molecular flexibility index (Phi) is 4.97. The Balaban J connectivity index is 2.55. The van der Waals surface area contributed by atoms with E-state index >= 15 is 0 Å². The molecule has 0 amide bonds. The highest BCUT2D eigenvalue weighted by molar-refractivity contribution is 7.99. The zero-order chi connectivity index (χ0) is 16.3. The number of carbonyl (C=O) groups is 1. The Morgan fingerprint density at radius 1 is 1.23 bits per heavy atom. The summed E-state index contributed by atoms with van der Waals surface area (Å²) in [7, 11) is 3.08. The van der Waals surface area contributed by atoms with Gasteiger partial charge in [0.1, 0.15) is 17.1 Å². The number of benzene rings is 1. The molecule has 0 bridgehead atoms. The molecule has 22 heavy (non-hydrogen) atoms. The molecular formula is C15H17NO5S. The van der Waals surface area contributed by atoms with E-state index in [9.17, 15) is 4.79 Å². The first kappa shape index (κ1) is 16.2. The molecule has 0 spiro atoms. The third kappa shape index (κ3) is 3.36. The molecule has 0 fully saturated rings. The fourth-order valence-corrected chi connectivity index (χ4v) is 2.86. The van der Waals surface area contributed by atoms with Crippen LogP contribution in [0.25, 0.3) is 11.3 Å². The summed E-state index contributed by atoms with van der Waals surface area (Å²) in [6.45, 7) is 4.18. The van der Waals surface area contributed by atoms with E-state index in [1.807, 2.05) is 12.1 Å². The van der Waals surface area contributed by atoms with Gasteiger partial charge in [0, 0.05) is 16.2 Å². The van der Waals surface area contributed by atoms with E-state index in [2.05, 4.69) is 19.0 Å². The molecule has 0 aliphatic heterocycles. The number of rotatable bonds is 6. The van der Waals surface area contributed by atoms with Gasteiger partial charge in [-0.2, -0.15) is 0 Å². The summed E-state index contributed by atoms with van der Waals surface area (Å²) in [5.74, 6) is 0.207. The molecule has 0 aliphatic rings. The normalized spacial score (nSPS) is 10.8. The van der Waals surface area contributed by atoms with Gasteiger partial charge in [0.25, 0.3) is 0 Å². The molecule has 118 valence electrons. The lowest BCUT2D eigenvalue weighted by atomic mass is 10.1. The average molecular weight is 323 g/mol. The van der Waals surface area contributed by atoms with Gasteiger partial charge >= 0.3 is 5.97 Å². The molecule has 0 unspecified atom stereocenters. The number of aromatic carboxylic acids is 1. The Hall–Kier alpha value is -2.15. The van der Waals surface area contributed by atoms with Crippen molar-refractivity contribution < 1.29 is 23.9 Å². The summed E-state index contributed by atoms with van der Waals surface area (Å²) in [6, 6.07) is 5.08. The van der Waals surface area contributed by atoms with Gasteiger partial charge < -0.3 is 19.1 Å². The van der Waals surface area contributed by atoms with Crippen molar-refractivity contribution in [3.63, 3.8) is 0 Å². The Morgan fingerprint density at radius 2 is 1.82 bits per heavy atom. The second-order valence-corrected chi connectivity index (χ2v) is 6.40. The minimum absolute atomic E-state index is 0.167. The smallest absolute Gasteiger partial charge is 0.358 e. The van der Waals surface area contributed by atoms with Gasteiger partial charge in [-0.25, -0.2) is 4.79 Å². The van der Waals surface area contributed by atoms with Crippen LogP contribution in [0.3, 0.4) is 0 Å². The standard InChI is InChI=1S/C15H17NO5S/c1-8(2)22-9-5-11(19-3)14(12(6-9)20-4)13-7-10(15(17)18)16-21-13/h5-8H,1-4H3,(H,17,18). The van der Waals surface area contributed by atoms with E-state index in [1.54, 1.807) is 11.8 Å². The van der Waals surface area contributed by atoms with Crippen LogP contribution in [-0.4, -0.2) is 35.7 Å². The van der Waals surface area contributed by atoms with Crippen LogP contribution in [0.4, 0.5) is 0 Å². The van der Waals surface area contributed by atoms with Gasteiger partial charge in [-0.3, -0.25) is 0 Å². The highest BCUT2D eigenvalue weighted by Gasteiger charge is 2.21. The molecule has 1 aromatic carbocycles. The van der Waals surface area contributed by atoms with Crippen molar-refractivity contribution in [2.45, 2.75) is 24.0 Å². The molecule has 0 saturated carbocycles. The Morgan fingerprint density at radius 3 is 2.23 bits per heavy atom. The number of carboxylic acid groups (broad SMARTS) is 1. The summed E-state index contributed by atoms with van der Waals surface area (Å²) in [5, 5.41) is 12.9. The zero-order valence-corrected chi connectivity index (χ0v) is 13.6. The lowest BCUT2D eigenvalue weighted by molar-refractivity contribution is 0.0686. The summed E-state index contributed by atoms with van der Waals surface area (Å²) < 4.78 is 15.9. The summed E-state index contributed by atoms with van der Waals surface area (Å²) in [6.07, 6.45) is 0. The number of aromatic nitrogens is 1. The lowest BCUT2D eigenvalue weighted by Crippen LogP contribution is -1.96. The maximum Gasteiger partial charge on any atom is 0.358 e. The van der Waals surface area contributed by atoms with Crippen molar-refractivity contribution in [1.29, 1.82) is 0 Å². The average Bonchev–Trinajstić information content (AvgIpc) is 2.95. The topological polar surface area (TPSA) is 81.8 Å². The van der Waals surface area contributed by atoms with Crippen LogP contribution < -0.4 is 9.47 Å². The van der Waals surface area contributed by atoms with Crippen LogP contribution >= 0.6 is 11.8 Å². The van der Waals surface area contributed by atoms with E-state index in [1.165, 1.54) is 20.3 Å². The summed E-state index contributed by atoms with van der Waals surface area (Å²) in [4.78, 5) is 11.9. The maximum atomic E-state index is 10.9. The predicted molar refractivity (Wildman–Crippen MR) is 83.0 cm³/mol. The first-order valence-corrected chi connectivity index (χ1v) is 7.47. The molecule has 1 N–H and O–H groups in total. The van der Waals surface area contributed by atoms with Crippen LogP contribution in [-0.2, 0) is 0 Å². The second-order valence-electron chi connectivity index (χ2n) is 4.75. The van der Waals surface area contributed by atoms with Gasteiger partial charge in [0.05, 0.1) is 14.2 Å². The lowest BCUT2D eigenvalue weighted by Gasteiger charge is -2.14. The van der Waals surface area contributed by atoms with Crippen molar-refractivity contribution in [3.8, 4) is 22.8 Å². The Labute approximate surface area is 132 Å². The van der Waals surface area contributed by atoms with Crippen molar-refractivity contribution in [2.75, 3.05) is 14.2 Å². The van der Waals surface area contributed by atoms with E-state index in [-0.39, 0.29) is 11.5 Å². The molecule has 6 nitrogen and oxygen atoms in total. The molecule has 0 aliphatic carbocycles. The molecule has 0 atom stereocenters. The number of hydrogen-bond donors (Lipinski definition) is 1. The van der Waals surface area contributed by atoms with Crippen molar-refractivity contribution in [2.24, 2.45) is 0 Å². The first-order valence-electron chi connectivity index (χ1n) is 6.59. The molecule has 1 aromatic heterocycles. The highest BCUT2D eigenvalue weighted by Crippen LogP contribution is 2.42. The van der Waals surface area contributed by atoms with Gasteiger partial charge in [-0.1, -0.05) is 19.0 Å². The number of methoxy groups -OCH3 is 2. The quantitative estimate of drug-likeness (QED) is 0.814. The van der Waals surface area contributed by atoms with Crippen LogP contribution in [0.15, 0.2) is 27.6 Å². The van der Waals surface area contributed by atoms with Crippen molar-refractivity contribution in [3.05, 3.63) is 23.9 Å². The van der Waals surface area contributed by atoms with Crippen molar-refractivity contribution >= 4 is 17.7 Å². The van der Waals surface area contributed by atoms with E-state index in [4.69, 9.17) is 19.1 Å². The third-order valence-corrected chi connectivity index (χ3v) is 3.81. The third-order valence-electron chi connectivity index (χ3n) is 2.83. The fraction of sp³-hybridized carbons (Fsp3) is 0.333. The van der Waals surface area contributed by atoms with E-state index < -0.39 is 5.97 Å². The van der Waals surface area contributed by atoms with E-state index in [0.717, 1.165) is 4.90 Å². The highest BCUT2D eigenvalue weighted by atomic mass is 32.2. The second kappa shape index (κ2) is 6.74. The zero-order valence-electron chi connectivity index (χ0n) is 12.7. The number of hydrogen-bond acceptors (Lipinski definition) is 6. The monoisotopic (exact) mass is 323 g/mol. The minimum Gasteiger partial charge on any atom is -0.496 e. The van der Waals surface area contributed by atoms with Crippen LogP contribution in [0.2, 0.25) is 0 Å². The van der Waals surface area contributed by atoms with Crippen LogP contribution in [0.1, 0.15) is 24.3 Å². The predicted octanol–water partition coefficient (Wildman–Crippen LogP) is 3.56. The number of ether oxygens (including phenoxy) is 2. The van der Waals surface area contributed by atoms with Crippen LogP contribution in [0, 0.1) is 0 Å². The van der Waals surface area contributed by atoms with Crippen LogP contribution in [0.5, 0.6) is 11.5 Å². The van der Waals surface area contributed by atoms with Gasteiger partial charge in [-0.15, -0.1) is 11.8 Å². The van der Waals surface area contributed by atoms with E-state index in [0.29, 0.717) is 22.3 Å². The molecule has 7 heteroatoms. The number of nitrogens with zero attached hydrogens (tertiary/aromatic N) is 1. The van der Waals surface area contributed by atoms with Gasteiger partial charge in [0.2, 0.25) is 0 Å². The minimum atomic E-state index is -1.15. The summed E-state index contributed by atoms with van der Waals surface area (Å²) >= 11 is 1.67. The maximum absolute atomic E-state index is 10.9. The molecule has 0 radical (unpaired) electrons.